The summed E-state index contributed by atoms with van der Waals surface area (Å²) in [5.41, 5.74) is 1.31. The molecule has 0 radical (unpaired) electrons. The molecule has 0 bridgehead atoms. The molecule has 3 rings (SSSR count). The van der Waals surface area contributed by atoms with Gasteiger partial charge in [0.25, 0.3) is 0 Å². The minimum atomic E-state index is -0.196. The quantitative estimate of drug-likeness (QED) is 0.921. The van der Waals surface area contributed by atoms with E-state index in [1.54, 1.807) is 11.3 Å². The highest BCUT2D eigenvalue weighted by Gasteiger charge is 2.26. The lowest BCUT2D eigenvalue weighted by Crippen LogP contribution is -2.38. The normalized spacial score (nSPS) is 17.6. The van der Waals surface area contributed by atoms with Crippen molar-refractivity contribution in [2.45, 2.75) is 38.7 Å². The first kappa shape index (κ1) is 15.4. The fraction of sp³-hybridized carbons (Fsp3) is 0.529. The standard InChI is InChI=1S/C17H23N3OS/c1-13-18-19-17(22-13)20-11-9-15(10-12-20)16(21)8-7-14-5-3-2-4-6-14/h2-6,15-16,21H,7-12H2,1H3/t16-/m0/s1. The monoisotopic (exact) mass is 317 g/mol. The van der Waals surface area contributed by atoms with Crippen LogP contribution in [0, 0.1) is 12.8 Å². The van der Waals surface area contributed by atoms with E-state index in [-0.39, 0.29) is 6.10 Å². The molecule has 1 aromatic heterocycles. The zero-order valence-electron chi connectivity index (χ0n) is 13.0. The number of rotatable bonds is 5. The molecular formula is C17H23N3OS. The maximum atomic E-state index is 10.5. The van der Waals surface area contributed by atoms with Gasteiger partial charge in [0, 0.05) is 13.1 Å². The highest BCUT2D eigenvalue weighted by molar-refractivity contribution is 7.15. The van der Waals surface area contributed by atoms with Crippen molar-refractivity contribution >= 4 is 16.5 Å². The topological polar surface area (TPSA) is 49.2 Å². The van der Waals surface area contributed by atoms with Gasteiger partial charge in [0.05, 0.1) is 6.10 Å². The van der Waals surface area contributed by atoms with Crippen LogP contribution in [0.2, 0.25) is 0 Å². The zero-order valence-corrected chi connectivity index (χ0v) is 13.8. The summed E-state index contributed by atoms with van der Waals surface area (Å²) in [6, 6.07) is 10.4. The number of benzene rings is 1. The van der Waals surface area contributed by atoms with Crippen molar-refractivity contribution in [1.29, 1.82) is 0 Å². The number of anilines is 1. The summed E-state index contributed by atoms with van der Waals surface area (Å²) in [6.07, 6.45) is 3.69. The van der Waals surface area contributed by atoms with E-state index >= 15 is 0 Å². The van der Waals surface area contributed by atoms with E-state index in [0.717, 1.165) is 48.9 Å². The Labute approximate surface area is 135 Å². The van der Waals surface area contributed by atoms with Gasteiger partial charge in [0.15, 0.2) is 0 Å². The summed E-state index contributed by atoms with van der Waals surface area (Å²) in [4.78, 5) is 2.30. The summed E-state index contributed by atoms with van der Waals surface area (Å²) in [5, 5.41) is 20.8. The van der Waals surface area contributed by atoms with Crippen LogP contribution in [0.1, 0.15) is 29.8 Å². The Balaban J connectivity index is 1.46. The van der Waals surface area contributed by atoms with Crippen LogP contribution in [0.4, 0.5) is 5.13 Å². The average Bonchev–Trinajstić information content (AvgIpc) is 3.00. The number of aryl methyl sites for hydroxylation is 2. The minimum Gasteiger partial charge on any atom is -0.393 e. The van der Waals surface area contributed by atoms with Gasteiger partial charge in [-0.2, -0.15) is 0 Å². The van der Waals surface area contributed by atoms with Crippen LogP contribution in [-0.2, 0) is 6.42 Å². The van der Waals surface area contributed by atoms with Crippen molar-refractivity contribution in [3.05, 3.63) is 40.9 Å². The van der Waals surface area contributed by atoms with Crippen molar-refractivity contribution in [3.63, 3.8) is 0 Å². The highest BCUT2D eigenvalue weighted by Crippen LogP contribution is 2.28. The molecule has 118 valence electrons. The summed E-state index contributed by atoms with van der Waals surface area (Å²) < 4.78 is 0. The smallest absolute Gasteiger partial charge is 0.208 e. The number of hydrogen-bond donors (Lipinski definition) is 1. The van der Waals surface area contributed by atoms with Gasteiger partial charge in [-0.3, -0.25) is 0 Å². The Morgan fingerprint density at radius 1 is 1.23 bits per heavy atom. The zero-order chi connectivity index (χ0) is 15.4. The number of hydrogen-bond acceptors (Lipinski definition) is 5. The Hall–Kier alpha value is -1.46. The first-order chi connectivity index (χ1) is 10.7. The lowest BCUT2D eigenvalue weighted by molar-refractivity contribution is 0.0850. The summed E-state index contributed by atoms with van der Waals surface area (Å²) in [6.45, 7) is 3.94. The number of aliphatic hydroxyl groups is 1. The predicted molar refractivity (Wildman–Crippen MR) is 90.4 cm³/mol. The Kier molecular flexibility index (Phi) is 5.05. The second-order valence-corrected chi connectivity index (χ2v) is 7.18. The third kappa shape index (κ3) is 3.84. The Morgan fingerprint density at radius 2 is 1.95 bits per heavy atom. The highest BCUT2D eigenvalue weighted by atomic mass is 32.1. The van der Waals surface area contributed by atoms with Crippen LogP contribution in [0.15, 0.2) is 30.3 Å². The molecule has 1 N–H and O–H groups in total. The molecule has 5 heteroatoms. The molecule has 0 aliphatic carbocycles. The number of piperidine rings is 1. The molecule has 22 heavy (non-hydrogen) atoms. The van der Waals surface area contributed by atoms with E-state index in [9.17, 15) is 5.11 Å². The number of nitrogens with zero attached hydrogens (tertiary/aromatic N) is 3. The van der Waals surface area contributed by atoms with Crippen molar-refractivity contribution in [2.75, 3.05) is 18.0 Å². The van der Waals surface area contributed by atoms with Gasteiger partial charge >= 0.3 is 0 Å². The van der Waals surface area contributed by atoms with Crippen LogP contribution in [0.25, 0.3) is 0 Å². The van der Waals surface area contributed by atoms with Gasteiger partial charge < -0.3 is 10.0 Å². The molecule has 1 aromatic carbocycles. The predicted octanol–water partition coefficient (Wildman–Crippen LogP) is 3.06. The van der Waals surface area contributed by atoms with Crippen LogP contribution >= 0.6 is 11.3 Å². The summed E-state index contributed by atoms with van der Waals surface area (Å²) >= 11 is 1.65. The van der Waals surface area contributed by atoms with Crippen LogP contribution in [0.3, 0.4) is 0 Å². The van der Waals surface area contributed by atoms with Gasteiger partial charge in [-0.15, -0.1) is 10.2 Å². The molecule has 1 aliphatic heterocycles. The second-order valence-electron chi connectivity index (χ2n) is 6.02. The molecule has 1 aliphatic rings. The van der Waals surface area contributed by atoms with Crippen molar-refractivity contribution < 1.29 is 5.11 Å². The maximum Gasteiger partial charge on any atom is 0.208 e. The van der Waals surface area contributed by atoms with E-state index in [0.29, 0.717) is 5.92 Å². The van der Waals surface area contributed by atoms with Crippen LogP contribution < -0.4 is 4.90 Å². The molecular weight excluding hydrogens is 294 g/mol. The lowest BCUT2D eigenvalue weighted by Gasteiger charge is -2.33. The molecule has 0 amide bonds. The molecule has 4 nitrogen and oxygen atoms in total. The SMILES string of the molecule is Cc1nnc(N2CCC([C@@H](O)CCc3ccccc3)CC2)s1. The molecule has 2 aromatic rings. The fourth-order valence-corrected chi connectivity index (χ4v) is 3.82. The van der Waals surface area contributed by atoms with Crippen LogP contribution in [-0.4, -0.2) is 34.5 Å². The maximum absolute atomic E-state index is 10.5. The van der Waals surface area contributed by atoms with Crippen molar-refractivity contribution in [2.24, 2.45) is 5.92 Å². The van der Waals surface area contributed by atoms with Gasteiger partial charge in [-0.1, -0.05) is 41.7 Å². The lowest BCUT2D eigenvalue weighted by atomic mass is 9.88. The molecule has 2 heterocycles. The van der Waals surface area contributed by atoms with E-state index < -0.39 is 0 Å². The van der Waals surface area contributed by atoms with Crippen LogP contribution in [0.5, 0.6) is 0 Å². The van der Waals surface area contributed by atoms with Crippen molar-refractivity contribution in [1.82, 2.24) is 10.2 Å². The third-order valence-corrected chi connectivity index (χ3v) is 5.34. The van der Waals surface area contributed by atoms with Gasteiger partial charge in [0.1, 0.15) is 5.01 Å². The van der Waals surface area contributed by atoms with Gasteiger partial charge in [-0.05, 0) is 44.1 Å². The molecule has 0 unspecified atom stereocenters. The summed E-state index contributed by atoms with van der Waals surface area (Å²) in [7, 11) is 0. The largest absolute Gasteiger partial charge is 0.393 e. The van der Waals surface area contributed by atoms with Crippen molar-refractivity contribution in [3.8, 4) is 0 Å². The Morgan fingerprint density at radius 3 is 2.59 bits per heavy atom. The first-order valence-electron chi connectivity index (χ1n) is 7.99. The van der Waals surface area contributed by atoms with Gasteiger partial charge in [-0.25, -0.2) is 0 Å². The summed E-state index contributed by atoms with van der Waals surface area (Å²) in [5.74, 6) is 0.411. The fourth-order valence-electron chi connectivity index (χ4n) is 3.08. The number of aromatic nitrogens is 2. The number of aliphatic hydroxyl groups excluding tert-OH is 1. The average molecular weight is 317 g/mol. The van der Waals surface area contributed by atoms with Gasteiger partial charge in [0.2, 0.25) is 5.13 Å². The van der Waals surface area contributed by atoms with E-state index in [2.05, 4.69) is 39.4 Å². The minimum absolute atomic E-state index is 0.196. The van der Waals surface area contributed by atoms with E-state index in [4.69, 9.17) is 0 Å². The third-order valence-electron chi connectivity index (χ3n) is 4.44. The molecule has 1 atom stereocenters. The Bertz CT molecular complexity index is 579. The molecule has 1 fully saturated rings. The second kappa shape index (κ2) is 7.20. The van der Waals surface area contributed by atoms with E-state index in [1.165, 1.54) is 5.56 Å². The van der Waals surface area contributed by atoms with E-state index in [1.807, 2.05) is 13.0 Å². The molecule has 0 spiro atoms. The molecule has 1 saturated heterocycles. The molecule has 0 saturated carbocycles. The first-order valence-corrected chi connectivity index (χ1v) is 8.81.